The Bertz CT molecular complexity index is 928. The largest absolute Gasteiger partial charge is 0.336 e. The van der Waals surface area contributed by atoms with Crippen LogP contribution in [0, 0.1) is 11.7 Å². The minimum Gasteiger partial charge on any atom is -0.336 e. The highest BCUT2D eigenvalue weighted by Gasteiger charge is 2.40. The maximum atomic E-state index is 13.2. The van der Waals surface area contributed by atoms with Gasteiger partial charge in [-0.05, 0) is 42.9 Å². The van der Waals surface area contributed by atoms with Crippen LogP contribution in [0.25, 0.3) is 0 Å². The molecule has 1 aliphatic carbocycles. The topological polar surface area (TPSA) is 86.0 Å². The van der Waals surface area contributed by atoms with E-state index in [0.29, 0.717) is 24.2 Å². The minimum atomic E-state index is -0.560. The van der Waals surface area contributed by atoms with Crippen LogP contribution < -0.4 is 11.2 Å². The summed E-state index contributed by atoms with van der Waals surface area (Å²) in [6, 6.07) is 6.09. The molecule has 2 N–H and O–H groups in total. The van der Waals surface area contributed by atoms with Gasteiger partial charge in [-0.2, -0.15) is 0 Å². The summed E-state index contributed by atoms with van der Waals surface area (Å²) in [4.78, 5) is 43.0. The molecule has 1 fully saturated rings. The van der Waals surface area contributed by atoms with Crippen LogP contribution in [-0.4, -0.2) is 27.3 Å². The van der Waals surface area contributed by atoms with Gasteiger partial charge in [0.25, 0.3) is 5.56 Å². The molecule has 0 bridgehead atoms. The van der Waals surface area contributed by atoms with Crippen molar-refractivity contribution in [3.63, 3.8) is 0 Å². The summed E-state index contributed by atoms with van der Waals surface area (Å²) < 4.78 is 13.2. The van der Waals surface area contributed by atoms with Crippen LogP contribution in [0.5, 0.6) is 0 Å². The van der Waals surface area contributed by atoms with Gasteiger partial charge in [-0.15, -0.1) is 0 Å². The highest BCUT2D eigenvalue weighted by molar-refractivity contribution is 5.84. The summed E-state index contributed by atoms with van der Waals surface area (Å²) in [5.41, 5.74) is 0.910. The van der Waals surface area contributed by atoms with Crippen molar-refractivity contribution >= 4 is 5.91 Å². The lowest BCUT2D eigenvalue weighted by atomic mass is 9.91. The Morgan fingerprint density at radius 3 is 2.56 bits per heavy atom. The number of hydrogen-bond donors (Lipinski definition) is 2. The maximum Gasteiger partial charge on any atom is 0.325 e. The second-order valence-electron chi connectivity index (χ2n) is 6.74. The summed E-state index contributed by atoms with van der Waals surface area (Å²) in [5.74, 6) is -0.371. The van der Waals surface area contributed by atoms with E-state index in [1.807, 2.05) is 0 Å². The fraction of sp³-hybridized carbons (Fsp3) is 0.389. The third kappa shape index (κ3) is 3.01. The molecule has 1 atom stereocenters. The average molecular weight is 343 g/mol. The lowest BCUT2D eigenvalue weighted by Crippen LogP contribution is -2.43. The zero-order valence-corrected chi connectivity index (χ0v) is 13.5. The van der Waals surface area contributed by atoms with Gasteiger partial charge in [-0.3, -0.25) is 14.6 Å². The SMILES string of the molecule is O=C(C(c1ccc(F)cc1)C1CC1)N1CCc2c([nH]c(=O)[nH]c2=O)C1. The van der Waals surface area contributed by atoms with E-state index in [0.717, 1.165) is 18.4 Å². The van der Waals surface area contributed by atoms with Crippen LogP contribution in [0.15, 0.2) is 33.9 Å². The molecule has 0 radical (unpaired) electrons. The first-order valence-corrected chi connectivity index (χ1v) is 8.41. The summed E-state index contributed by atoms with van der Waals surface area (Å²) in [7, 11) is 0. The molecule has 1 saturated carbocycles. The van der Waals surface area contributed by atoms with E-state index in [9.17, 15) is 18.8 Å². The number of aromatic nitrogens is 2. The smallest absolute Gasteiger partial charge is 0.325 e. The highest BCUT2D eigenvalue weighted by atomic mass is 19.1. The number of fused-ring (bicyclic) bond motifs is 1. The molecule has 2 aliphatic rings. The number of nitrogens with zero attached hydrogens (tertiary/aromatic N) is 1. The second-order valence-corrected chi connectivity index (χ2v) is 6.74. The van der Waals surface area contributed by atoms with E-state index in [1.54, 1.807) is 17.0 Å². The van der Waals surface area contributed by atoms with Crippen LogP contribution in [0.3, 0.4) is 0 Å². The average Bonchev–Trinajstić information content (AvgIpc) is 3.41. The van der Waals surface area contributed by atoms with E-state index in [4.69, 9.17) is 0 Å². The van der Waals surface area contributed by atoms with Crippen molar-refractivity contribution in [1.82, 2.24) is 14.9 Å². The van der Waals surface area contributed by atoms with Crippen molar-refractivity contribution in [2.45, 2.75) is 31.7 Å². The van der Waals surface area contributed by atoms with Crippen LogP contribution in [0.1, 0.15) is 35.6 Å². The molecular formula is C18H18FN3O3. The summed E-state index contributed by atoms with van der Waals surface area (Å²) in [5, 5.41) is 0. The standard InChI is InChI=1S/C18H18FN3O3/c19-12-5-3-11(4-6-12)15(10-1-2-10)17(24)22-8-7-13-14(9-22)20-18(25)21-16(13)23/h3-6,10,15H,1-2,7-9H2,(H2,20,21,23,25). The number of nitrogens with one attached hydrogen (secondary N) is 2. The quantitative estimate of drug-likeness (QED) is 0.880. The zero-order valence-electron chi connectivity index (χ0n) is 13.5. The molecule has 1 amide bonds. The first-order valence-electron chi connectivity index (χ1n) is 8.41. The van der Waals surface area contributed by atoms with E-state index < -0.39 is 5.69 Å². The summed E-state index contributed by atoms with van der Waals surface area (Å²) >= 11 is 0. The Hall–Kier alpha value is -2.70. The Labute approximate surface area is 142 Å². The van der Waals surface area contributed by atoms with Crippen molar-refractivity contribution in [2.75, 3.05) is 6.54 Å². The normalized spacial score (nSPS) is 17.9. The van der Waals surface area contributed by atoms with Gasteiger partial charge >= 0.3 is 5.69 Å². The van der Waals surface area contributed by atoms with Crippen molar-refractivity contribution in [2.24, 2.45) is 5.92 Å². The summed E-state index contributed by atoms with van der Waals surface area (Å²) in [6.45, 7) is 0.656. The Balaban J connectivity index is 1.62. The molecule has 7 heteroatoms. The molecule has 1 aliphatic heterocycles. The molecule has 1 aromatic carbocycles. The van der Waals surface area contributed by atoms with Crippen LogP contribution in [0.4, 0.5) is 4.39 Å². The van der Waals surface area contributed by atoms with E-state index in [-0.39, 0.29) is 35.7 Å². The first-order chi connectivity index (χ1) is 12.0. The van der Waals surface area contributed by atoms with Crippen molar-refractivity contribution in [3.8, 4) is 0 Å². The third-order valence-corrected chi connectivity index (χ3v) is 5.01. The van der Waals surface area contributed by atoms with Gasteiger partial charge < -0.3 is 9.88 Å². The lowest BCUT2D eigenvalue weighted by Gasteiger charge is -2.31. The number of halogens is 1. The zero-order chi connectivity index (χ0) is 17.6. The first kappa shape index (κ1) is 15.8. The van der Waals surface area contributed by atoms with Gasteiger partial charge in [0.1, 0.15) is 5.82 Å². The molecule has 2 aromatic rings. The fourth-order valence-corrected chi connectivity index (χ4v) is 3.58. The molecule has 0 saturated heterocycles. The molecule has 2 heterocycles. The monoisotopic (exact) mass is 343 g/mol. The van der Waals surface area contributed by atoms with Gasteiger partial charge in [0, 0.05) is 17.8 Å². The molecule has 25 heavy (non-hydrogen) atoms. The predicted octanol–water partition coefficient (Wildman–Crippen LogP) is 1.28. The number of amides is 1. The molecular weight excluding hydrogens is 325 g/mol. The van der Waals surface area contributed by atoms with Gasteiger partial charge in [0.15, 0.2) is 0 Å². The number of H-pyrrole nitrogens is 2. The fourth-order valence-electron chi connectivity index (χ4n) is 3.58. The predicted molar refractivity (Wildman–Crippen MR) is 88.7 cm³/mol. The van der Waals surface area contributed by atoms with E-state index in [1.165, 1.54) is 12.1 Å². The van der Waals surface area contributed by atoms with Crippen LogP contribution in [-0.2, 0) is 17.8 Å². The van der Waals surface area contributed by atoms with Crippen LogP contribution in [0.2, 0.25) is 0 Å². The molecule has 1 aromatic heterocycles. The molecule has 4 rings (SSSR count). The third-order valence-electron chi connectivity index (χ3n) is 5.01. The van der Waals surface area contributed by atoms with Crippen molar-refractivity contribution < 1.29 is 9.18 Å². The number of aromatic amines is 2. The van der Waals surface area contributed by atoms with Crippen LogP contribution >= 0.6 is 0 Å². The Morgan fingerprint density at radius 1 is 1.16 bits per heavy atom. The number of rotatable bonds is 3. The Morgan fingerprint density at radius 2 is 1.88 bits per heavy atom. The van der Waals surface area contributed by atoms with Gasteiger partial charge in [-0.25, -0.2) is 9.18 Å². The van der Waals surface area contributed by atoms with Crippen molar-refractivity contribution in [1.29, 1.82) is 0 Å². The minimum absolute atomic E-state index is 0.0270. The molecule has 1 unspecified atom stereocenters. The van der Waals surface area contributed by atoms with Gasteiger partial charge in [-0.1, -0.05) is 12.1 Å². The number of carbonyl (C=O) groups is 1. The Kier molecular flexibility index (Phi) is 3.78. The second kappa shape index (κ2) is 5.98. The van der Waals surface area contributed by atoms with Crippen molar-refractivity contribution in [3.05, 3.63) is 67.7 Å². The number of carbonyl (C=O) groups excluding carboxylic acids is 1. The molecule has 6 nitrogen and oxygen atoms in total. The van der Waals surface area contributed by atoms with Gasteiger partial charge in [0.2, 0.25) is 5.91 Å². The molecule has 130 valence electrons. The van der Waals surface area contributed by atoms with E-state index in [2.05, 4.69) is 9.97 Å². The van der Waals surface area contributed by atoms with E-state index >= 15 is 0 Å². The lowest BCUT2D eigenvalue weighted by molar-refractivity contribution is -0.134. The molecule has 0 spiro atoms. The maximum absolute atomic E-state index is 13.2. The number of benzene rings is 1. The van der Waals surface area contributed by atoms with Gasteiger partial charge in [0.05, 0.1) is 12.5 Å². The summed E-state index contributed by atoms with van der Waals surface area (Å²) in [6.07, 6.45) is 2.37. The number of hydrogen-bond acceptors (Lipinski definition) is 3. The highest BCUT2D eigenvalue weighted by Crippen LogP contribution is 2.44.